The molecule has 1 aromatic rings. The summed E-state index contributed by atoms with van der Waals surface area (Å²) in [5, 5.41) is 0. The third-order valence-electron chi connectivity index (χ3n) is 2.18. The molecule has 9 heteroatoms. The lowest BCUT2D eigenvalue weighted by Crippen LogP contribution is -2.23. The van der Waals surface area contributed by atoms with Gasteiger partial charge < -0.3 is 0 Å². The molecule has 0 aliphatic carbocycles. The van der Waals surface area contributed by atoms with Crippen molar-refractivity contribution >= 4 is 0 Å². The van der Waals surface area contributed by atoms with E-state index in [0.29, 0.717) is 0 Å². The molecule has 1 aromatic carbocycles. The molecule has 0 amide bonds. The summed E-state index contributed by atoms with van der Waals surface area (Å²) in [6.45, 7) is 4.85. The number of aryl methyl sites for hydroxylation is 1. The molecule has 0 aromatic heterocycles. The number of hydrogen-bond donors (Lipinski definition) is 0. The van der Waals surface area contributed by atoms with Gasteiger partial charge >= 0.3 is 18.5 Å². The first-order chi connectivity index (χ1) is 9.24. The summed E-state index contributed by atoms with van der Waals surface area (Å²) in [6.07, 6.45) is -16.8. The van der Waals surface area contributed by atoms with E-state index in [1.165, 1.54) is 0 Å². The number of benzene rings is 1. The zero-order chi connectivity index (χ0) is 17.2. The van der Waals surface area contributed by atoms with Crippen LogP contribution >= 0.6 is 0 Å². The molecule has 21 heavy (non-hydrogen) atoms. The van der Waals surface area contributed by atoms with E-state index >= 15 is 0 Å². The average molecular weight is 326 g/mol. The molecule has 0 bridgehead atoms. The molecule has 0 saturated carbocycles. The van der Waals surface area contributed by atoms with Crippen LogP contribution in [0.2, 0.25) is 0 Å². The molecule has 0 spiro atoms. The van der Waals surface area contributed by atoms with Crippen LogP contribution in [0.1, 0.15) is 36.1 Å². The first-order valence-corrected chi connectivity index (χ1v) is 5.61. The van der Waals surface area contributed by atoms with Crippen molar-refractivity contribution in [2.45, 2.75) is 39.3 Å². The normalized spacial score (nSPS) is 12.8. The van der Waals surface area contributed by atoms with Crippen LogP contribution in [0, 0.1) is 6.92 Å². The zero-order valence-electron chi connectivity index (χ0n) is 11.1. The molecule has 0 N–H and O–H groups in total. The predicted octanol–water partition coefficient (Wildman–Crippen LogP) is 6.08. The van der Waals surface area contributed by atoms with Crippen molar-refractivity contribution in [3.8, 4) is 0 Å². The van der Waals surface area contributed by atoms with Gasteiger partial charge in [-0.1, -0.05) is 13.8 Å². The summed E-state index contributed by atoms with van der Waals surface area (Å²) in [7, 11) is 0. The summed E-state index contributed by atoms with van der Waals surface area (Å²) in [5.74, 6) is 0. The van der Waals surface area contributed by atoms with Crippen LogP contribution in [0.15, 0.2) is 12.1 Å². The highest BCUT2D eigenvalue weighted by Crippen LogP contribution is 2.46. The predicted molar refractivity (Wildman–Crippen MR) is 57.5 cm³/mol. The number of hydrogen-bond acceptors (Lipinski definition) is 0. The molecule has 0 heterocycles. The number of halogens is 9. The van der Waals surface area contributed by atoms with Crippen molar-refractivity contribution in [3.63, 3.8) is 0 Å². The largest absolute Gasteiger partial charge is 0.417 e. The highest BCUT2D eigenvalue weighted by atomic mass is 19.4. The molecule has 1 rings (SSSR count). The summed E-state index contributed by atoms with van der Waals surface area (Å²) in [6, 6.07) is 0.0795. The van der Waals surface area contributed by atoms with Crippen LogP contribution in [0.4, 0.5) is 39.5 Å². The second-order valence-corrected chi connectivity index (χ2v) is 3.73. The Balaban J connectivity index is 0.00000191. The second kappa shape index (κ2) is 6.15. The standard InChI is InChI=1S/C10H5F9.C2H6/c1-4-2-5(8(11,12)13)7(10(17,18)19)6(3-4)9(14,15)16;1-2/h2-3H,1H3;1-2H3. The molecule has 0 aliphatic heterocycles. The van der Waals surface area contributed by atoms with Gasteiger partial charge in [0.1, 0.15) is 0 Å². The maximum Gasteiger partial charge on any atom is 0.417 e. The molecule has 0 fully saturated rings. The first-order valence-electron chi connectivity index (χ1n) is 5.61. The molecule has 0 saturated heterocycles. The number of rotatable bonds is 0. The van der Waals surface area contributed by atoms with E-state index in [2.05, 4.69) is 0 Å². The van der Waals surface area contributed by atoms with Gasteiger partial charge in [-0.05, 0) is 24.6 Å². The van der Waals surface area contributed by atoms with E-state index in [-0.39, 0.29) is 12.1 Å². The van der Waals surface area contributed by atoms with E-state index in [4.69, 9.17) is 0 Å². The Morgan fingerprint density at radius 3 is 1.10 bits per heavy atom. The lowest BCUT2D eigenvalue weighted by Gasteiger charge is -2.21. The molecular weight excluding hydrogens is 315 g/mol. The quantitative estimate of drug-likeness (QED) is 0.507. The van der Waals surface area contributed by atoms with Crippen molar-refractivity contribution in [1.29, 1.82) is 0 Å². The van der Waals surface area contributed by atoms with Crippen molar-refractivity contribution < 1.29 is 39.5 Å². The summed E-state index contributed by atoms with van der Waals surface area (Å²) in [4.78, 5) is 0. The minimum Gasteiger partial charge on any atom is -0.166 e. The molecule has 0 radical (unpaired) electrons. The molecule has 0 unspecified atom stereocenters. The Bertz CT molecular complexity index is 442. The number of alkyl halides is 9. The minimum absolute atomic E-state index is 0.0397. The van der Waals surface area contributed by atoms with Gasteiger partial charge in [-0.2, -0.15) is 39.5 Å². The van der Waals surface area contributed by atoms with Gasteiger partial charge in [0.25, 0.3) is 0 Å². The Labute approximate surface area is 114 Å². The maximum atomic E-state index is 12.5. The van der Waals surface area contributed by atoms with E-state index in [0.717, 1.165) is 6.92 Å². The fourth-order valence-corrected chi connectivity index (χ4v) is 1.54. The van der Waals surface area contributed by atoms with Crippen molar-refractivity contribution in [2.24, 2.45) is 0 Å². The van der Waals surface area contributed by atoms with Gasteiger partial charge in [0.15, 0.2) is 0 Å². The molecule has 122 valence electrons. The SMILES string of the molecule is CC.Cc1cc(C(F)(F)F)c(C(F)(F)F)c(C(F)(F)F)c1. The highest BCUT2D eigenvalue weighted by Gasteiger charge is 2.50. The third kappa shape index (κ3) is 4.82. The Morgan fingerprint density at radius 2 is 0.905 bits per heavy atom. The summed E-state index contributed by atoms with van der Waals surface area (Å²) in [5.41, 5.74) is -7.95. The van der Waals surface area contributed by atoms with Crippen LogP contribution in [-0.2, 0) is 18.5 Å². The van der Waals surface area contributed by atoms with Gasteiger partial charge in [0.2, 0.25) is 0 Å². The third-order valence-corrected chi connectivity index (χ3v) is 2.18. The highest BCUT2D eigenvalue weighted by molar-refractivity contribution is 5.44. The molecule has 0 nitrogen and oxygen atoms in total. The Kier molecular flexibility index (Phi) is 5.73. The van der Waals surface area contributed by atoms with E-state index in [1.807, 2.05) is 13.8 Å². The Morgan fingerprint density at radius 1 is 0.619 bits per heavy atom. The fraction of sp³-hybridized carbons (Fsp3) is 0.500. The van der Waals surface area contributed by atoms with E-state index in [9.17, 15) is 39.5 Å². The van der Waals surface area contributed by atoms with Gasteiger partial charge in [0, 0.05) is 0 Å². The van der Waals surface area contributed by atoms with Gasteiger partial charge in [-0.25, -0.2) is 0 Å². The van der Waals surface area contributed by atoms with Crippen LogP contribution in [-0.4, -0.2) is 0 Å². The fourth-order valence-electron chi connectivity index (χ4n) is 1.54. The summed E-state index contributed by atoms with van der Waals surface area (Å²) < 4.78 is 112. The topological polar surface area (TPSA) is 0 Å². The maximum absolute atomic E-state index is 12.5. The van der Waals surface area contributed by atoms with Gasteiger partial charge in [-0.15, -0.1) is 0 Å². The van der Waals surface area contributed by atoms with E-state index in [1.54, 1.807) is 0 Å². The monoisotopic (exact) mass is 326 g/mol. The second-order valence-electron chi connectivity index (χ2n) is 3.73. The van der Waals surface area contributed by atoms with Gasteiger partial charge in [-0.3, -0.25) is 0 Å². The van der Waals surface area contributed by atoms with Crippen LogP contribution < -0.4 is 0 Å². The zero-order valence-corrected chi connectivity index (χ0v) is 11.1. The van der Waals surface area contributed by atoms with Crippen molar-refractivity contribution in [1.82, 2.24) is 0 Å². The van der Waals surface area contributed by atoms with Crippen LogP contribution in [0.5, 0.6) is 0 Å². The van der Waals surface area contributed by atoms with Crippen molar-refractivity contribution in [3.05, 3.63) is 34.4 Å². The Hall–Kier alpha value is -1.41. The molecular formula is C12H11F9. The lowest BCUT2D eigenvalue weighted by atomic mass is 9.96. The average Bonchev–Trinajstić information content (AvgIpc) is 2.26. The molecule has 0 aliphatic rings. The first kappa shape index (κ1) is 19.6. The van der Waals surface area contributed by atoms with Crippen molar-refractivity contribution in [2.75, 3.05) is 0 Å². The van der Waals surface area contributed by atoms with Gasteiger partial charge in [0.05, 0.1) is 16.7 Å². The lowest BCUT2D eigenvalue weighted by molar-refractivity contribution is -0.174. The minimum atomic E-state index is -5.76. The molecule has 0 atom stereocenters. The smallest absolute Gasteiger partial charge is 0.166 e. The van der Waals surface area contributed by atoms with E-state index < -0.39 is 40.8 Å². The van der Waals surface area contributed by atoms with Crippen LogP contribution in [0.3, 0.4) is 0 Å². The van der Waals surface area contributed by atoms with Crippen LogP contribution in [0.25, 0.3) is 0 Å². The summed E-state index contributed by atoms with van der Waals surface area (Å²) >= 11 is 0.